The van der Waals surface area contributed by atoms with Gasteiger partial charge in [0.2, 0.25) is 11.8 Å². The van der Waals surface area contributed by atoms with Crippen LogP contribution in [0.2, 0.25) is 0 Å². The van der Waals surface area contributed by atoms with Gasteiger partial charge in [-0.15, -0.1) is 0 Å². The predicted octanol–water partition coefficient (Wildman–Crippen LogP) is 3.17. The van der Waals surface area contributed by atoms with Crippen molar-refractivity contribution in [3.8, 4) is 5.88 Å². The number of nitrogens with zero attached hydrogens (tertiary/aromatic N) is 3. The molecular formula is C20H23F3N4O2. The van der Waals surface area contributed by atoms with Gasteiger partial charge in [-0.1, -0.05) is 18.2 Å². The van der Waals surface area contributed by atoms with Crippen LogP contribution in [0, 0.1) is 0 Å². The molecule has 0 aliphatic carbocycles. The van der Waals surface area contributed by atoms with Gasteiger partial charge in [0.15, 0.2) is 6.61 Å². The average molecular weight is 408 g/mol. The van der Waals surface area contributed by atoms with Crippen molar-refractivity contribution in [1.29, 1.82) is 0 Å². The van der Waals surface area contributed by atoms with Crippen LogP contribution in [-0.4, -0.2) is 60.8 Å². The molecule has 3 rings (SSSR count). The van der Waals surface area contributed by atoms with E-state index < -0.39 is 18.8 Å². The summed E-state index contributed by atoms with van der Waals surface area (Å²) in [6.07, 6.45) is -3.06. The molecule has 1 N–H and O–H groups in total. The third kappa shape index (κ3) is 6.00. The summed E-state index contributed by atoms with van der Waals surface area (Å²) in [5.74, 6) is -0.154. The van der Waals surface area contributed by atoms with E-state index in [9.17, 15) is 18.0 Å². The number of rotatable bonds is 6. The minimum atomic E-state index is -4.41. The maximum Gasteiger partial charge on any atom is 0.422 e. The Hall–Kier alpha value is -2.97. The molecule has 1 aromatic heterocycles. The minimum absolute atomic E-state index is 0.0323. The van der Waals surface area contributed by atoms with E-state index in [0.29, 0.717) is 18.8 Å². The summed E-state index contributed by atoms with van der Waals surface area (Å²) in [6, 6.07) is 12.5. The molecule has 1 unspecified atom stereocenters. The topological polar surface area (TPSA) is 57.7 Å². The van der Waals surface area contributed by atoms with E-state index >= 15 is 0 Å². The molecule has 156 valence electrons. The highest BCUT2D eigenvalue weighted by molar-refractivity contribution is 5.84. The quantitative estimate of drug-likeness (QED) is 0.796. The van der Waals surface area contributed by atoms with Gasteiger partial charge < -0.3 is 19.9 Å². The molecule has 1 aromatic carbocycles. The number of hydrogen-bond donors (Lipinski definition) is 1. The van der Waals surface area contributed by atoms with Crippen LogP contribution in [0.15, 0.2) is 48.7 Å². The highest BCUT2D eigenvalue weighted by Crippen LogP contribution is 2.19. The summed E-state index contributed by atoms with van der Waals surface area (Å²) in [4.78, 5) is 20.6. The predicted molar refractivity (Wildman–Crippen MR) is 104 cm³/mol. The van der Waals surface area contributed by atoms with Gasteiger partial charge in [-0.3, -0.25) is 4.79 Å². The Morgan fingerprint density at radius 2 is 1.83 bits per heavy atom. The van der Waals surface area contributed by atoms with E-state index in [4.69, 9.17) is 0 Å². The van der Waals surface area contributed by atoms with Gasteiger partial charge in [-0.25, -0.2) is 4.98 Å². The Balaban J connectivity index is 1.48. The molecule has 1 atom stereocenters. The van der Waals surface area contributed by atoms with Gasteiger partial charge >= 0.3 is 6.18 Å². The van der Waals surface area contributed by atoms with Crippen LogP contribution in [0.3, 0.4) is 0 Å². The summed E-state index contributed by atoms with van der Waals surface area (Å²) in [7, 11) is 0. The molecule has 6 nitrogen and oxygen atoms in total. The number of carbonyl (C=O) groups excluding carboxylic acids is 1. The lowest BCUT2D eigenvalue weighted by molar-refractivity contribution is -0.154. The Morgan fingerprint density at radius 3 is 2.41 bits per heavy atom. The Labute approximate surface area is 167 Å². The van der Waals surface area contributed by atoms with E-state index in [2.05, 4.69) is 32.1 Å². The minimum Gasteiger partial charge on any atom is -0.468 e. The number of amides is 1. The van der Waals surface area contributed by atoms with Crippen LogP contribution in [0.25, 0.3) is 0 Å². The van der Waals surface area contributed by atoms with Crippen LogP contribution < -0.4 is 15.0 Å². The fourth-order valence-electron chi connectivity index (χ4n) is 3.12. The van der Waals surface area contributed by atoms with Crippen LogP contribution in [-0.2, 0) is 4.79 Å². The van der Waals surface area contributed by atoms with Crippen molar-refractivity contribution < 1.29 is 22.7 Å². The standard InChI is InChI=1S/C20H23F3N4O2/c1-15(25-16-7-8-18(24-13-16)29-14-20(21,22)23)19(28)27-11-9-26(10-12-27)17-5-3-2-4-6-17/h2-8,13,15,25H,9-12,14H2,1H3. The number of carbonyl (C=O) groups is 1. The number of alkyl halides is 3. The van der Waals surface area contributed by atoms with E-state index in [1.807, 2.05) is 23.1 Å². The molecule has 1 fully saturated rings. The van der Waals surface area contributed by atoms with Gasteiger partial charge in [0, 0.05) is 37.9 Å². The normalized spacial score (nSPS) is 15.7. The summed E-state index contributed by atoms with van der Waals surface area (Å²) >= 11 is 0. The second-order valence-electron chi connectivity index (χ2n) is 6.80. The van der Waals surface area contributed by atoms with Gasteiger partial charge in [0.05, 0.1) is 11.9 Å². The molecule has 29 heavy (non-hydrogen) atoms. The zero-order valence-corrected chi connectivity index (χ0v) is 16.0. The third-order valence-corrected chi connectivity index (χ3v) is 4.59. The zero-order chi connectivity index (χ0) is 20.9. The molecule has 1 aliphatic heterocycles. The Bertz CT molecular complexity index is 792. The second kappa shape index (κ2) is 9.02. The molecule has 2 aromatic rings. The number of benzene rings is 1. The van der Waals surface area contributed by atoms with Gasteiger partial charge in [0.25, 0.3) is 0 Å². The van der Waals surface area contributed by atoms with Gasteiger partial charge in [-0.2, -0.15) is 13.2 Å². The molecule has 0 radical (unpaired) electrons. The number of piperazine rings is 1. The molecule has 9 heteroatoms. The number of anilines is 2. The molecule has 0 spiro atoms. The highest BCUT2D eigenvalue weighted by Gasteiger charge is 2.29. The first-order valence-electron chi connectivity index (χ1n) is 9.33. The fourth-order valence-corrected chi connectivity index (χ4v) is 3.12. The molecular weight excluding hydrogens is 385 g/mol. The fraction of sp³-hybridized carbons (Fsp3) is 0.400. The Kier molecular flexibility index (Phi) is 6.46. The number of pyridine rings is 1. The molecule has 1 aliphatic rings. The smallest absolute Gasteiger partial charge is 0.422 e. The van der Waals surface area contributed by atoms with Crippen molar-refractivity contribution in [2.24, 2.45) is 0 Å². The van der Waals surface area contributed by atoms with Crippen molar-refractivity contribution in [3.63, 3.8) is 0 Å². The van der Waals surface area contributed by atoms with Gasteiger partial charge in [-0.05, 0) is 25.1 Å². The zero-order valence-electron chi connectivity index (χ0n) is 16.0. The van der Waals surface area contributed by atoms with Crippen LogP contribution in [0.5, 0.6) is 5.88 Å². The van der Waals surface area contributed by atoms with E-state index in [1.54, 1.807) is 6.92 Å². The van der Waals surface area contributed by atoms with E-state index in [0.717, 1.165) is 18.8 Å². The summed E-state index contributed by atoms with van der Waals surface area (Å²) in [6.45, 7) is 3.13. The molecule has 1 amide bonds. The van der Waals surface area contributed by atoms with Crippen LogP contribution in [0.1, 0.15) is 6.92 Å². The number of aromatic nitrogens is 1. The average Bonchev–Trinajstić information content (AvgIpc) is 2.73. The number of ether oxygens (including phenoxy) is 1. The summed E-state index contributed by atoms with van der Waals surface area (Å²) in [5.41, 5.74) is 1.68. The van der Waals surface area contributed by atoms with E-state index in [1.165, 1.54) is 18.3 Å². The van der Waals surface area contributed by atoms with Crippen molar-refractivity contribution in [2.45, 2.75) is 19.1 Å². The molecule has 0 saturated carbocycles. The summed E-state index contributed by atoms with van der Waals surface area (Å²) in [5, 5.41) is 3.04. The first-order valence-corrected chi connectivity index (χ1v) is 9.33. The lowest BCUT2D eigenvalue weighted by atomic mass is 10.2. The van der Waals surface area contributed by atoms with Gasteiger partial charge in [0.1, 0.15) is 6.04 Å². The van der Waals surface area contributed by atoms with Crippen LogP contribution in [0.4, 0.5) is 24.5 Å². The Morgan fingerprint density at radius 1 is 1.14 bits per heavy atom. The first kappa shape index (κ1) is 20.8. The highest BCUT2D eigenvalue weighted by atomic mass is 19.4. The molecule has 2 heterocycles. The van der Waals surface area contributed by atoms with E-state index in [-0.39, 0.29) is 11.8 Å². The van der Waals surface area contributed by atoms with Crippen molar-refractivity contribution in [2.75, 3.05) is 43.0 Å². The number of nitrogens with one attached hydrogen (secondary N) is 1. The lowest BCUT2D eigenvalue weighted by Crippen LogP contribution is -2.52. The third-order valence-electron chi connectivity index (χ3n) is 4.59. The second-order valence-corrected chi connectivity index (χ2v) is 6.80. The number of hydrogen-bond acceptors (Lipinski definition) is 5. The lowest BCUT2D eigenvalue weighted by Gasteiger charge is -2.37. The molecule has 0 bridgehead atoms. The van der Waals surface area contributed by atoms with Crippen LogP contribution >= 0.6 is 0 Å². The number of para-hydroxylation sites is 1. The summed E-state index contributed by atoms with van der Waals surface area (Å²) < 4.78 is 41.1. The van der Waals surface area contributed by atoms with Crippen molar-refractivity contribution in [1.82, 2.24) is 9.88 Å². The largest absolute Gasteiger partial charge is 0.468 e. The van der Waals surface area contributed by atoms with Crippen molar-refractivity contribution in [3.05, 3.63) is 48.7 Å². The van der Waals surface area contributed by atoms with Crippen molar-refractivity contribution >= 4 is 17.3 Å². The SMILES string of the molecule is CC(Nc1ccc(OCC(F)(F)F)nc1)C(=O)N1CCN(c2ccccc2)CC1. The molecule has 1 saturated heterocycles. The monoisotopic (exact) mass is 408 g/mol. The maximum atomic E-state index is 12.7. The first-order chi connectivity index (χ1) is 13.8. The maximum absolute atomic E-state index is 12.7. The number of halogens is 3.